The summed E-state index contributed by atoms with van der Waals surface area (Å²) in [4.78, 5) is 27.9. The Morgan fingerprint density at radius 3 is 2.46 bits per heavy atom. The molecule has 7 nitrogen and oxygen atoms in total. The van der Waals surface area contributed by atoms with Gasteiger partial charge >= 0.3 is 0 Å². The number of hydrogen-bond acceptors (Lipinski definition) is 6. The van der Waals surface area contributed by atoms with E-state index >= 15 is 0 Å². The number of likely N-dealkylation sites (tertiary alicyclic amines) is 1. The van der Waals surface area contributed by atoms with Gasteiger partial charge in [-0.3, -0.25) is 9.89 Å². The minimum absolute atomic E-state index is 0.160. The van der Waals surface area contributed by atoms with Gasteiger partial charge in [0.05, 0.1) is 5.75 Å². The molecule has 1 amide bonds. The Morgan fingerprint density at radius 1 is 1.12 bits per heavy atom. The van der Waals surface area contributed by atoms with Crippen molar-refractivity contribution in [3.8, 4) is 0 Å². The van der Waals surface area contributed by atoms with Crippen molar-refractivity contribution in [2.24, 2.45) is 0 Å². The van der Waals surface area contributed by atoms with Gasteiger partial charge in [-0.05, 0) is 45.6 Å². The van der Waals surface area contributed by atoms with Crippen LogP contribution in [0.25, 0.3) is 0 Å². The maximum absolute atomic E-state index is 12.5. The molecular weight excluding hydrogens is 348 g/mol. The molecule has 0 bridgehead atoms. The molecule has 0 aromatic carbocycles. The van der Waals surface area contributed by atoms with E-state index in [0.717, 1.165) is 49.0 Å². The van der Waals surface area contributed by atoms with Gasteiger partial charge in [-0.2, -0.15) is 5.10 Å². The fraction of sp³-hybridized carbons (Fsp3) is 0.611. The lowest BCUT2D eigenvalue weighted by atomic mass is 9.96. The summed E-state index contributed by atoms with van der Waals surface area (Å²) in [6.45, 7) is 5.45. The largest absolute Gasteiger partial charge is 0.342 e. The van der Waals surface area contributed by atoms with Crippen molar-refractivity contribution in [2.45, 2.75) is 56.5 Å². The van der Waals surface area contributed by atoms with E-state index in [9.17, 15) is 4.79 Å². The van der Waals surface area contributed by atoms with Crippen LogP contribution in [0.4, 0.5) is 0 Å². The standard InChI is InChI=1S/C18H24N6OS/c1-11-9-12(2)20-18(19-11)26-10-15(25)24-7-5-14(6-8-24)17-21-16(22-23-17)13-3-4-13/h9,13-14H,3-8,10H2,1-2H3,(H,21,22,23). The van der Waals surface area contributed by atoms with Crippen LogP contribution in [-0.4, -0.2) is 54.8 Å². The molecule has 3 heterocycles. The normalized spacial score (nSPS) is 18.3. The number of H-pyrrole nitrogens is 1. The molecule has 1 N–H and O–H groups in total. The highest BCUT2D eigenvalue weighted by molar-refractivity contribution is 7.99. The van der Waals surface area contributed by atoms with Gasteiger partial charge in [0.1, 0.15) is 5.82 Å². The molecule has 2 aromatic rings. The zero-order valence-electron chi connectivity index (χ0n) is 15.2. The minimum atomic E-state index is 0.160. The lowest BCUT2D eigenvalue weighted by molar-refractivity contribution is -0.129. The molecule has 1 aliphatic carbocycles. The molecule has 2 fully saturated rings. The Balaban J connectivity index is 1.27. The van der Waals surface area contributed by atoms with Crippen LogP contribution in [-0.2, 0) is 4.79 Å². The molecule has 2 aliphatic rings. The van der Waals surface area contributed by atoms with Crippen molar-refractivity contribution in [3.63, 3.8) is 0 Å². The van der Waals surface area contributed by atoms with Crippen LogP contribution in [0.3, 0.4) is 0 Å². The van der Waals surface area contributed by atoms with Crippen LogP contribution < -0.4 is 0 Å². The SMILES string of the molecule is Cc1cc(C)nc(SCC(=O)N2CCC(c3nc(C4CC4)n[nH]3)CC2)n1. The number of thioether (sulfide) groups is 1. The topological polar surface area (TPSA) is 87.7 Å². The maximum atomic E-state index is 12.5. The highest BCUT2D eigenvalue weighted by Crippen LogP contribution is 2.38. The van der Waals surface area contributed by atoms with E-state index in [-0.39, 0.29) is 5.91 Å². The van der Waals surface area contributed by atoms with E-state index in [1.807, 2.05) is 24.8 Å². The number of nitrogens with zero attached hydrogens (tertiary/aromatic N) is 5. The first kappa shape index (κ1) is 17.5. The fourth-order valence-electron chi connectivity index (χ4n) is 3.37. The first-order valence-electron chi connectivity index (χ1n) is 9.23. The number of carbonyl (C=O) groups excluding carboxylic acids is 1. The molecule has 0 spiro atoms. The third-order valence-corrected chi connectivity index (χ3v) is 5.82. The van der Waals surface area contributed by atoms with E-state index in [2.05, 4.69) is 25.1 Å². The zero-order chi connectivity index (χ0) is 18.1. The van der Waals surface area contributed by atoms with E-state index in [1.165, 1.54) is 24.6 Å². The van der Waals surface area contributed by atoms with Crippen LogP contribution in [0.15, 0.2) is 11.2 Å². The second-order valence-corrected chi connectivity index (χ2v) is 8.17. The summed E-state index contributed by atoms with van der Waals surface area (Å²) in [5, 5.41) is 8.14. The van der Waals surface area contributed by atoms with Gasteiger partial charge in [-0.15, -0.1) is 0 Å². The number of aryl methyl sites for hydroxylation is 2. The van der Waals surface area contributed by atoms with Gasteiger partial charge in [-0.1, -0.05) is 11.8 Å². The second kappa shape index (κ2) is 7.34. The third-order valence-electron chi connectivity index (χ3n) is 4.98. The fourth-order valence-corrected chi connectivity index (χ4v) is 4.22. The highest BCUT2D eigenvalue weighted by atomic mass is 32.2. The zero-order valence-corrected chi connectivity index (χ0v) is 16.1. The van der Waals surface area contributed by atoms with Gasteiger partial charge < -0.3 is 4.90 Å². The lowest BCUT2D eigenvalue weighted by Crippen LogP contribution is -2.39. The summed E-state index contributed by atoms with van der Waals surface area (Å²) in [7, 11) is 0. The predicted molar refractivity (Wildman–Crippen MR) is 99.1 cm³/mol. The van der Waals surface area contributed by atoms with E-state index in [0.29, 0.717) is 22.7 Å². The summed E-state index contributed by atoms with van der Waals surface area (Å²) in [5.74, 6) is 3.48. The van der Waals surface area contributed by atoms with Crippen molar-refractivity contribution < 1.29 is 4.79 Å². The van der Waals surface area contributed by atoms with Crippen LogP contribution in [0.5, 0.6) is 0 Å². The molecule has 2 aromatic heterocycles. The Kier molecular flexibility index (Phi) is 4.93. The molecule has 8 heteroatoms. The third kappa shape index (κ3) is 4.06. The quantitative estimate of drug-likeness (QED) is 0.641. The number of aromatic nitrogens is 5. The lowest BCUT2D eigenvalue weighted by Gasteiger charge is -2.30. The molecule has 1 aliphatic heterocycles. The second-order valence-electron chi connectivity index (χ2n) is 7.23. The maximum Gasteiger partial charge on any atom is 0.233 e. The van der Waals surface area contributed by atoms with Gasteiger partial charge in [0, 0.05) is 36.3 Å². The van der Waals surface area contributed by atoms with Crippen molar-refractivity contribution in [2.75, 3.05) is 18.8 Å². The molecular formula is C18H24N6OS. The molecule has 0 atom stereocenters. The van der Waals surface area contributed by atoms with Gasteiger partial charge in [0.15, 0.2) is 11.0 Å². The molecule has 0 radical (unpaired) electrons. The Morgan fingerprint density at radius 2 is 1.81 bits per heavy atom. The smallest absolute Gasteiger partial charge is 0.233 e. The Bertz CT molecular complexity index is 774. The van der Waals surface area contributed by atoms with E-state index in [4.69, 9.17) is 0 Å². The van der Waals surface area contributed by atoms with Gasteiger partial charge in [0.25, 0.3) is 0 Å². The molecule has 0 unspecified atom stereocenters. The van der Waals surface area contributed by atoms with Crippen LogP contribution in [0.1, 0.15) is 60.6 Å². The molecule has 26 heavy (non-hydrogen) atoms. The van der Waals surface area contributed by atoms with Crippen LogP contribution in [0.2, 0.25) is 0 Å². The summed E-state index contributed by atoms with van der Waals surface area (Å²) < 4.78 is 0. The average molecular weight is 372 g/mol. The van der Waals surface area contributed by atoms with Crippen LogP contribution in [0, 0.1) is 13.8 Å². The first-order valence-corrected chi connectivity index (χ1v) is 10.2. The predicted octanol–water partition coefficient (Wildman–Crippen LogP) is 2.59. The summed E-state index contributed by atoms with van der Waals surface area (Å²) in [6, 6.07) is 1.94. The number of rotatable bonds is 5. The summed E-state index contributed by atoms with van der Waals surface area (Å²) in [6.07, 6.45) is 4.31. The van der Waals surface area contributed by atoms with Gasteiger partial charge in [0.2, 0.25) is 5.91 Å². The summed E-state index contributed by atoms with van der Waals surface area (Å²) >= 11 is 1.42. The van der Waals surface area contributed by atoms with Crippen molar-refractivity contribution in [1.29, 1.82) is 0 Å². The Hall–Kier alpha value is -1.96. The highest BCUT2D eigenvalue weighted by Gasteiger charge is 2.30. The summed E-state index contributed by atoms with van der Waals surface area (Å²) in [5.41, 5.74) is 1.87. The molecule has 1 saturated heterocycles. The van der Waals surface area contributed by atoms with E-state index in [1.54, 1.807) is 0 Å². The minimum Gasteiger partial charge on any atom is -0.342 e. The number of carbonyl (C=O) groups is 1. The van der Waals surface area contributed by atoms with Crippen molar-refractivity contribution in [3.05, 3.63) is 29.1 Å². The molecule has 1 saturated carbocycles. The first-order chi connectivity index (χ1) is 12.6. The number of aromatic amines is 1. The number of piperidine rings is 1. The van der Waals surface area contributed by atoms with Crippen LogP contribution >= 0.6 is 11.8 Å². The monoisotopic (exact) mass is 372 g/mol. The van der Waals surface area contributed by atoms with E-state index < -0.39 is 0 Å². The van der Waals surface area contributed by atoms with Gasteiger partial charge in [-0.25, -0.2) is 15.0 Å². The number of nitrogens with one attached hydrogen (secondary N) is 1. The number of amides is 1. The van der Waals surface area contributed by atoms with Crippen molar-refractivity contribution >= 4 is 17.7 Å². The number of hydrogen-bond donors (Lipinski definition) is 1. The molecule has 4 rings (SSSR count). The Labute approximate surface area is 157 Å². The average Bonchev–Trinajstić information content (AvgIpc) is 3.36. The molecule has 138 valence electrons. The van der Waals surface area contributed by atoms with Crippen molar-refractivity contribution in [1.82, 2.24) is 30.0 Å².